The maximum absolute atomic E-state index is 4.26. The lowest BCUT2D eigenvalue weighted by Gasteiger charge is -2.09. The standard InChI is InChI=1S/C12H25N5/c1-4-8-17-12(14-11-15-17)10-13-7-5-6-9-16(2)3/h11,13H,4-10H2,1-3H3. The highest BCUT2D eigenvalue weighted by molar-refractivity contribution is 4.83. The monoisotopic (exact) mass is 239 g/mol. The molecular formula is C12H25N5. The molecule has 17 heavy (non-hydrogen) atoms. The van der Waals surface area contributed by atoms with Crippen LogP contribution in [0.25, 0.3) is 0 Å². The van der Waals surface area contributed by atoms with Crippen LogP contribution in [0.4, 0.5) is 0 Å². The fraction of sp³-hybridized carbons (Fsp3) is 0.833. The summed E-state index contributed by atoms with van der Waals surface area (Å²) in [6.45, 7) is 6.14. The summed E-state index contributed by atoms with van der Waals surface area (Å²) in [6, 6.07) is 0. The van der Waals surface area contributed by atoms with Gasteiger partial charge in [-0.1, -0.05) is 6.92 Å². The molecule has 1 rings (SSSR count). The highest BCUT2D eigenvalue weighted by Crippen LogP contribution is 1.96. The van der Waals surface area contributed by atoms with E-state index in [9.17, 15) is 0 Å². The molecule has 0 radical (unpaired) electrons. The number of nitrogens with one attached hydrogen (secondary N) is 1. The zero-order valence-corrected chi connectivity index (χ0v) is 11.3. The van der Waals surface area contributed by atoms with Crippen molar-refractivity contribution in [3.05, 3.63) is 12.2 Å². The molecule has 0 amide bonds. The van der Waals surface area contributed by atoms with Crippen LogP contribution in [0.15, 0.2) is 6.33 Å². The third-order valence-corrected chi connectivity index (χ3v) is 2.62. The molecule has 0 bridgehead atoms. The van der Waals surface area contributed by atoms with E-state index in [1.165, 1.54) is 12.8 Å². The van der Waals surface area contributed by atoms with Gasteiger partial charge in [0.2, 0.25) is 0 Å². The average molecular weight is 239 g/mol. The number of nitrogens with zero attached hydrogens (tertiary/aromatic N) is 4. The quantitative estimate of drug-likeness (QED) is 0.656. The first-order chi connectivity index (χ1) is 8.24. The van der Waals surface area contributed by atoms with Gasteiger partial charge in [-0.3, -0.25) is 0 Å². The molecule has 0 fully saturated rings. The van der Waals surface area contributed by atoms with Crippen LogP contribution in [-0.2, 0) is 13.1 Å². The van der Waals surface area contributed by atoms with Gasteiger partial charge in [-0.05, 0) is 46.4 Å². The van der Waals surface area contributed by atoms with Crippen molar-refractivity contribution in [2.75, 3.05) is 27.2 Å². The predicted molar refractivity (Wildman–Crippen MR) is 69.8 cm³/mol. The number of hydrogen-bond acceptors (Lipinski definition) is 4. The number of hydrogen-bond donors (Lipinski definition) is 1. The summed E-state index contributed by atoms with van der Waals surface area (Å²) in [7, 11) is 4.22. The second-order valence-corrected chi connectivity index (χ2v) is 4.59. The SMILES string of the molecule is CCCn1ncnc1CNCCCCN(C)C. The third kappa shape index (κ3) is 5.79. The molecule has 0 saturated heterocycles. The van der Waals surface area contributed by atoms with Crippen LogP contribution in [0.1, 0.15) is 32.0 Å². The first-order valence-electron chi connectivity index (χ1n) is 6.46. The summed E-state index contributed by atoms with van der Waals surface area (Å²) in [6.07, 6.45) is 5.18. The smallest absolute Gasteiger partial charge is 0.140 e. The Bertz CT molecular complexity index is 295. The summed E-state index contributed by atoms with van der Waals surface area (Å²) < 4.78 is 1.98. The van der Waals surface area contributed by atoms with E-state index < -0.39 is 0 Å². The largest absolute Gasteiger partial charge is 0.310 e. The van der Waals surface area contributed by atoms with E-state index in [0.717, 1.165) is 38.4 Å². The van der Waals surface area contributed by atoms with Gasteiger partial charge in [0.1, 0.15) is 12.2 Å². The molecule has 0 aromatic carbocycles. The van der Waals surface area contributed by atoms with Crippen LogP contribution in [0, 0.1) is 0 Å². The number of unbranched alkanes of at least 4 members (excludes halogenated alkanes) is 1. The normalized spacial score (nSPS) is 11.3. The topological polar surface area (TPSA) is 46.0 Å². The van der Waals surface area contributed by atoms with E-state index in [1.54, 1.807) is 6.33 Å². The van der Waals surface area contributed by atoms with E-state index >= 15 is 0 Å². The van der Waals surface area contributed by atoms with E-state index in [4.69, 9.17) is 0 Å². The third-order valence-electron chi connectivity index (χ3n) is 2.62. The molecule has 0 spiro atoms. The van der Waals surface area contributed by atoms with Gasteiger partial charge >= 0.3 is 0 Å². The minimum absolute atomic E-state index is 0.821. The van der Waals surface area contributed by atoms with Crippen molar-refractivity contribution < 1.29 is 0 Å². The Morgan fingerprint density at radius 3 is 2.88 bits per heavy atom. The maximum Gasteiger partial charge on any atom is 0.140 e. The maximum atomic E-state index is 4.26. The second-order valence-electron chi connectivity index (χ2n) is 4.59. The number of rotatable bonds is 9. The summed E-state index contributed by atoms with van der Waals surface area (Å²) in [4.78, 5) is 6.48. The molecule has 0 aliphatic heterocycles. The van der Waals surface area contributed by atoms with E-state index in [-0.39, 0.29) is 0 Å². The molecule has 0 atom stereocenters. The van der Waals surface area contributed by atoms with Crippen molar-refractivity contribution in [2.45, 2.75) is 39.3 Å². The van der Waals surface area contributed by atoms with Gasteiger partial charge in [-0.25, -0.2) is 9.67 Å². The zero-order valence-electron chi connectivity index (χ0n) is 11.3. The summed E-state index contributed by atoms with van der Waals surface area (Å²) in [5.74, 6) is 1.04. The molecule has 0 aliphatic rings. The lowest BCUT2D eigenvalue weighted by Crippen LogP contribution is -2.20. The molecule has 0 unspecified atom stereocenters. The molecule has 0 saturated carbocycles. The Morgan fingerprint density at radius 1 is 1.35 bits per heavy atom. The van der Waals surface area contributed by atoms with Gasteiger partial charge in [0.05, 0.1) is 6.54 Å². The van der Waals surface area contributed by atoms with E-state index in [2.05, 4.69) is 41.3 Å². The minimum Gasteiger partial charge on any atom is -0.310 e. The number of aryl methyl sites for hydroxylation is 1. The van der Waals surface area contributed by atoms with E-state index in [1.807, 2.05) is 4.68 Å². The molecule has 5 nitrogen and oxygen atoms in total. The molecule has 1 heterocycles. The molecule has 0 aliphatic carbocycles. The Hall–Kier alpha value is -0.940. The summed E-state index contributed by atoms with van der Waals surface area (Å²) >= 11 is 0. The van der Waals surface area contributed by atoms with Gasteiger partial charge in [0, 0.05) is 6.54 Å². The molecule has 1 aromatic heterocycles. The van der Waals surface area contributed by atoms with Crippen LogP contribution in [0.2, 0.25) is 0 Å². The fourth-order valence-corrected chi connectivity index (χ4v) is 1.70. The van der Waals surface area contributed by atoms with Crippen molar-refractivity contribution in [1.29, 1.82) is 0 Å². The van der Waals surface area contributed by atoms with Gasteiger partial charge in [0.25, 0.3) is 0 Å². The van der Waals surface area contributed by atoms with Crippen molar-refractivity contribution in [3.63, 3.8) is 0 Å². The van der Waals surface area contributed by atoms with Crippen LogP contribution >= 0.6 is 0 Å². The van der Waals surface area contributed by atoms with Gasteiger partial charge in [-0.2, -0.15) is 5.10 Å². The lowest BCUT2D eigenvalue weighted by molar-refractivity contribution is 0.391. The van der Waals surface area contributed by atoms with Crippen LogP contribution in [-0.4, -0.2) is 46.8 Å². The minimum atomic E-state index is 0.821. The molecule has 98 valence electrons. The van der Waals surface area contributed by atoms with Crippen LogP contribution in [0.3, 0.4) is 0 Å². The Morgan fingerprint density at radius 2 is 2.18 bits per heavy atom. The lowest BCUT2D eigenvalue weighted by atomic mass is 10.3. The molecule has 5 heteroatoms. The molecule has 1 aromatic rings. The second kappa shape index (κ2) is 8.20. The predicted octanol–water partition coefficient (Wildman–Crippen LogP) is 1.12. The van der Waals surface area contributed by atoms with Crippen LogP contribution < -0.4 is 5.32 Å². The van der Waals surface area contributed by atoms with Crippen molar-refractivity contribution in [1.82, 2.24) is 25.0 Å². The van der Waals surface area contributed by atoms with Crippen molar-refractivity contribution >= 4 is 0 Å². The number of aromatic nitrogens is 3. The van der Waals surface area contributed by atoms with Gasteiger partial charge in [-0.15, -0.1) is 0 Å². The Labute approximate surface area is 104 Å². The van der Waals surface area contributed by atoms with E-state index in [0.29, 0.717) is 0 Å². The Kier molecular flexibility index (Phi) is 6.81. The van der Waals surface area contributed by atoms with Crippen molar-refractivity contribution in [2.24, 2.45) is 0 Å². The first kappa shape index (κ1) is 14.1. The first-order valence-corrected chi connectivity index (χ1v) is 6.46. The van der Waals surface area contributed by atoms with Crippen molar-refractivity contribution in [3.8, 4) is 0 Å². The van der Waals surface area contributed by atoms with Crippen LogP contribution in [0.5, 0.6) is 0 Å². The fourth-order valence-electron chi connectivity index (χ4n) is 1.70. The highest BCUT2D eigenvalue weighted by atomic mass is 15.3. The van der Waals surface area contributed by atoms with Gasteiger partial charge < -0.3 is 10.2 Å². The summed E-state index contributed by atoms with van der Waals surface area (Å²) in [5, 5.41) is 7.62. The highest BCUT2D eigenvalue weighted by Gasteiger charge is 2.02. The molecular weight excluding hydrogens is 214 g/mol. The van der Waals surface area contributed by atoms with Gasteiger partial charge in [0.15, 0.2) is 0 Å². The molecule has 1 N–H and O–H groups in total. The summed E-state index contributed by atoms with van der Waals surface area (Å²) in [5.41, 5.74) is 0. The average Bonchev–Trinajstić information content (AvgIpc) is 2.71. The Balaban J connectivity index is 2.11. The zero-order chi connectivity index (χ0) is 12.5.